The van der Waals surface area contributed by atoms with Crippen LogP contribution in [0.15, 0.2) is 17.2 Å². The van der Waals surface area contributed by atoms with Crippen LogP contribution in [0, 0.1) is 0 Å². The molecule has 1 N–H and O–H groups in total. The molecule has 0 saturated heterocycles. The molecule has 16 heavy (non-hydrogen) atoms. The molecule has 2 aromatic heterocycles. The fourth-order valence-corrected chi connectivity index (χ4v) is 1.83. The van der Waals surface area contributed by atoms with Crippen LogP contribution in [0.3, 0.4) is 0 Å². The molecule has 3 rings (SSSR count). The van der Waals surface area contributed by atoms with Crippen molar-refractivity contribution in [3.05, 3.63) is 22.9 Å². The average molecular weight is 219 g/mol. The number of rotatable bonds is 3. The van der Waals surface area contributed by atoms with Crippen LogP contribution in [0.2, 0.25) is 0 Å². The predicted octanol–water partition coefficient (Wildman–Crippen LogP) is 0.790. The molecule has 1 aliphatic rings. The number of aromatic amines is 1. The number of nitrogens with one attached hydrogen (secondary N) is 1. The number of aryl methyl sites for hydroxylation is 1. The Morgan fingerprint density at radius 3 is 3.00 bits per heavy atom. The second kappa shape index (κ2) is 3.33. The predicted molar refractivity (Wildman–Crippen MR) is 58.0 cm³/mol. The number of nitrogens with zero attached hydrogens (tertiary/aromatic N) is 4. The minimum atomic E-state index is -0.123. The van der Waals surface area contributed by atoms with E-state index in [1.165, 1.54) is 0 Å². The van der Waals surface area contributed by atoms with Gasteiger partial charge < -0.3 is 0 Å². The molecule has 6 nitrogen and oxygen atoms in total. The van der Waals surface area contributed by atoms with E-state index < -0.39 is 0 Å². The zero-order valence-electron chi connectivity index (χ0n) is 9.05. The van der Waals surface area contributed by atoms with Crippen LogP contribution >= 0.6 is 0 Å². The average Bonchev–Trinajstić information content (AvgIpc) is 2.88. The van der Waals surface area contributed by atoms with E-state index in [-0.39, 0.29) is 5.69 Å². The molecule has 0 amide bonds. The molecule has 0 unspecified atom stereocenters. The van der Waals surface area contributed by atoms with E-state index in [2.05, 4.69) is 15.3 Å². The normalized spacial score (nSPS) is 15.6. The molecule has 0 bridgehead atoms. The lowest BCUT2D eigenvalue weighted by atomic mass is 10.3. The summed E-state index contributed by atoms with van der Waals surface area (Å²) >= 11 is 0. The van der Waals surface area contributed by atoms with Gasteiger partial charge in [-0.25, -0.2) is 9.89 Å². The Balaban J connectivity index is 2.08. The number of H-pyrrole nitrogens is 1. The third kappa shape index (κ3) is 1.37. The minimum Gasteiger partial charge on any atom is -0.272 e. The maximum absolute atomic E-state index is 11.6. The smallest absolute Gasteiger partial charge is 0.272 e. The molecule has 0 spiro atoms. The summed E-state index contributed by atoms with van der Waals surface area (Å²) in [5.41, 5.74) is 0.772. The zero-order chi connectivity index (χ0) is 11.1. The molecule has 1 saturated carbocycles. The first-order chi connectivity index (χ1) is 7.79. The number of hydrogen-bond donors (Lipinski definition) is 1. The highest BCUT2D eigenvalue weighted by atomic mass is 16.1. The van der Waals surface area contributed by atoms with E-state index in [1.54, 1.807) is 10.8 Å². The topological polar surface area (TPSA) is 68.5 Å². The molecule has 0 aromatic carbocycles. The van der Waals surface area contributed by atoms with E-state index in [4.69, 9.17) is 0 Å². The Kier molecular flexibility index (Phi) is 1.95. The maximum atomic E-state index is 11.6. The van der Waals surface area contributed by atoms with E-state index in [0.29, 0.717) is 11.9 Å². The van der Waals surface area contributed by atoms with Crippen LogP contribution in [0.1, 0.15) is 25.8 Å². The Morgan fingerprint density at radius 2 is 2.38 bits per heavy atom. The van der Waals surface area contributed by atoms with Crippen molar-refractivity contribution in [2.45, 2.75) is 32.4 Å². The number of aromatic nitrogens is 5. The quantitative estimate of drug-likeness (QED) is 0.829. The molecule has 0 aliphatic heterocycles. The summed E-state index contributed by atoms with van der Waals surface area (Å²) in [6.45, 7) is 2.84. The van der Waals surface area contributed by atoms with Crippen LogP contribution in [0.5, 0.6) is 0 Å². The van der Waals surface area contributed by atoms with Crippen molar-refractivity contribution in [1.82, 2.24) is 24.5 Å². The molecule has 2 heterocycles. The van der Waals surface area contributed by atoms with Gasteiger partial charge in [-0.05, 0) is 19.8 Å². The molecule has 6 heteroatoms. The van der Waals surface area contributed by atoms with Gasteiger partial charge in [0.15, 0.2) is 5.82 Å². The number of hydrogen-bond acceptors (Lipinski definition) is 3. The largest absolute Gasteiger partial charge is 0.343 e. The van der Waals surface area contributed by atoms with Crippen molar-refractivity contribution >= 4 is 0 Å². The van der Waals surface area contributed by atoms with Gasteiger partial charge in [0.1, 0.15) is 0 Å². The lowest BCUT2D eigenvalue weighted by molar-refractivity contribution is 0.659. The first-order valence-electron chi connectivity index (χ1n) is 5.49. The summed E-state index contributed by atoms with van der Waals surface area (Å²) < 4.78 is 3.56. The molecular formula is C10H13N5O. The Morgan fingerprint density at radius 1 is 1.56 bits per heavy atom. The van der Waals surface area contributed by atoms with Gasteiger partial charge in [0.05, 0.1) is 11.8 Å². The second-order valence-electron chi connectivity index (χ2n) is 4.04. The van der Waals surface area contributed by atoms with Crippen molar-refractivity contribution in [3.63, 3.8) is 0 Å². The van der Waals surface area contributed by atoms with Gasteiger partial charge in [0, 0.05) is 18.8 Å². The summed E-state index contributed by atoms with van der Waals surface area (Å²) in [6.07, 6.45) is 5.79. The van der Waals surface area contributed by atoms with Gasteiger partial charge in [0.2, 0.25) is 0 Å². The summed E-state index contributed by atoms with van der Waals surface area (Å²) in [5.74, 6) is 0.701. The lowest BCUT2D eigenvalue weighted by Gasteiger charge is -1.99. The molecule has 0 atom stereocenters. The van der Waals surface area contributed by atoms with Crippen LogP contribution in [-0.4, -0.2) is 24.5 Å². The van der Waals surface area contributed by atoms with Gasteiger partial charge in [-0.15, -0.1) is 0 Å². The molecule has 2 aromatic rings. The summed E-state index contributed by atoms with van der Waals surface area (Å²) in [4.78, 5) is 11.6. The van der Waals surface area contributed by atoms with Crippen LogP contribution in [0.4, 0.5) is 0 Å². The van der Waals surface area contributed by atoms with Gasteiger partial charge in [-0.2, -0.15) is 10.2 Å². The molecular weight excluding hydrogens is 206 g/mol. The van der Waals surface area contributed by atoms with E-state index >= 15 is 0 Å². The van der Waals surface area contributed by atoms with Crippen molar-refractivity contribution < 1.29 is 0 Å². The highest BCUT2D eigenvalue weighted by molar-refractivity contribution is 5.52. The fourth-order valence-electron chi connectivity index (χ4n) is 1.83. The van der Waals surface area contributed by atoms with Crippen molar-refractivity contribution in [1.29, 1.82) is 0 Å². The minimum absolute atomic E-state index is 0.123. The van der Waals surface area contributed by atoms with Crippen molar-refractivity contribution in [2.24, 2.45) is 0 Å². The second-order valence-corrected chi connectivity index (χ2v) is 4.04. The summed E-state index contributed by atoms with van der Waals surface area (Å²) in [7, 11) is 0. The first-order valence-corrected chi connectivity index (χ1v) is 5.49. The molecule has 1 fully saturated rings. The van der Waals surface area contributed by atoms with Crippen LogP contribution in [-0.2, 0) is 6.54 Å². The van der Waals surface area contributed by atoms with E-state index in [1.807, 2.05) is 17.8 Å². The molecule has 1 aliphatic carbocycles. The van der Waals surface area contributed by atoms with Crippen LogP contribution in [0.25, 0.3) is 11.4 Å². The van der Waals surface area contributed by atoms with Crippen molar-refractivity contribution in [3.8, 4) is 11.4 Å². The van der Waals surface area contributed by atoms with Gasteiger partial charge in [-0.3, -0.25) is 9.25 Å². The van der Waals surface area contributed by atoms with Crippen molar-refractivity contribution in [2.75, 3.05) is 0 Å². The highest BCUT2D eigenvalue weighted by Crippen LogP contribution is 2.36. The Labute approximate surface area is 91.9 Å². The molecule has 0 radical (unpaired) electrons. The SMILES string of the molecule is CCn1cc(-c2n[nH]c(=O)n2C2CC2)cn1. The summed E-state index contributed by atoms with van der Waals surface area (Å²) in [5, 5.41) is 10.8. The van der Waals surface area contributed by atoms with Gasteiger partial charge in [0.25, 0.3) is 0 Å². The van der Waals surface area contributed by atoms with E-state index in [0.717, 1.165) is 24.9 Å². The highest BCUT2D eigenvalue weighted by Gasteiger charge is 2.29. The Bertz CT molecular complexity index is 560. The third-order valence-corrected chi connectivity index (χ3v) is 2.83. The lowest BCUT2D eigenvalue weighted by Crippen LogP contribution is -2.16. The maximum Gasteiger partial charge on any atom is 0.343 e. The molecule has 84 valence electrons. The monoisotopic (exact) mass is 219 g/mol. The Hall–Kier alpha value is -1.85. The standard InChI is InChI=1S/C10H13N5O/c1-2-14-6-7(5-11-14)9-12-13-10(16)15(9)8-3-4-8/h5-6,8H,2-4H2,1H3,(H,13,16). The summed E-state index contributed by atoms with van der Waals surface area (Å²) in [6, 6.07) is 0.325. The fraction of sp³-hybridized carbons (Fsp3) is 0.500. The van der Waals surface area contributed by atoms with E-state index in [9.17, 15) is 4.79 Å². The zero-order valence-corrected chi connectivity index (χ0v) is 9.05. The first kappa shape index (κ1) is 9.38. The van der Waals surface area contributed by atoms with Gasteiger partial charge >= 0.3 is 5.69 Å². The third-order valence-electron chi connectivity index (χ3n) is 2.83. The van der Waals surface area contributed by atoms with Gasteiger partial charge in [-0.1, -0.05) is 0 Å². The van der Waals surface area contributed by atoms with Crippen LogP contribution < -0.4 is 5.69 Å².